The molecule has 0 spiro atoms. The molecule has 0 aliphatic carbocycles. The number of nitrogens with zero attached hydrogens (tertiary/aromatic N) is 2. The lowest BCUT2D eigenvalue weighted by atomic mass is 10.1. The minimum absolute atomic E-state index is 0.0548. The highest BCUT2D eigenvalue weighted by atomic mass is 32.1. The van der Waals surface area contributed by atoms with Crippen LogP contribution in [0.2, 0.25) is 0 Å². The Hall–Kier alpha value is -2.67. The lowest BCUT2D eigenvalue weighted by molar-refractivity contribution is 0.104. The zero-order valence-corrected chi connectivity index (χ0v) is 11.8. The number of thiophene rings is 1. The minimum atomic E-state index is -1.18. The molecule has 2 heterocycles. The molecule has 0 aliphatic rings. The fourth-order valence-electron chi connectivity index (χ4n) is 2.09. The average molecular weight is 301 g/mol. The summed E-state index contributed by atoms with van der Waals surface area (Å²) in [7, 11) is 1.69. The van der Waals surface area contributed by atoms with Crippen LogP contribution in [0.5, 0.6) is 0 Å². The number of rotatable bonds is 3. The zero-order valence-electron chi connectivity index (χ0n) is 11.0. The molecule has 2 aromatic heterocycles. The minimum Gasteiger partial charge on any atom is -0.465 e. The molecule has 106 valence electrons. The molecule has 0 fully saturated rings. The van der Waals surface area contributed by atoms with E-state index in [4.69, 9.17) is 5.11 Å². The maximum atomic E-state index is 12.3. The summed E-state index contributed by atoms with van der Waals surface area (Å²) in [6, 6.07) is 8.73. The molecule has 21 heavy (non-hydrogen) atoms. The van der Waals surface area contributed by atoms with E-state index in [0.29, 0.717) is 21.5 Å². The number of carboxylic acid groups (broad SMARTS) is 1. The van der Waals surface area contributed by atoms with Crippen molar-refractivity contribution in [1.29, 1.82) is 0 Å². The lowest BCUT2D eigenvalue weighted by Gasteiger charge is -2.02. The van der Waals surface area contributed by atoms with Crippen molar-refractivity contribution >= 4 is 40.2 Å². The predicted octanol–water partition coefficient (Wildman–Crippen LogP) is 2.96. The largest absolute Gasteiger partial charge is 0.465 e. The molecule has 0 unspecified atom stereocenters. The van der Waals surface area contributed by atoms with Crippen LogP contribution in [0, 0.1) is 0 Å². The molecule has 0 radical (unpaired) electrons. The molecule has 0 aliphatic heterocycles. The van der Waals surface area contributed by atoms with Crippen molar-refractivity contribution in [3.05, 3.63) is 46.2 Å². The Morgan fingerprint density at radius 2 is 2.14 bits per heavy atom. The summed E-state index contributed by atoms with van der Waals surface area (Å²) in [5, 5.41) is 12.8. The van der Waals surface area contributed by atoms with Gasteiger partial charge in [-0.05, 0) is 29.6 Å². The number of carbonyl (C=O) groups excluding carboxylic acids is 1. The van der Waals surface area contributed by atoms with Crippen LogP contribution in [-0.4, -0.2) is 26.5 Å². The number of nitrogens with one attached hydrogen (secondary N) is 1. The molecule has 1 amide bonds. The van der Waals surface area contributed by atoms with E-state index in [9.17, 15) is 9.59 Å². The topological polar surface area (TPSA) is 84.2 Å². The van der Waals surface area contributed by atoms with Gasteiger partial charge in [0.15, 0.2) is 0 Å². The third-order valence-corrected chi connectivity index (χ3v) is 3.98. The van der Waals surface area contributed by atoms with E-state index in [2.05, 4.69) is 10.3 Å². The van der Waals surface area contributed by atoms with Crippen LogP contribution in [0.25, 0.3) is 11.0 Å². The Bertz CT molecular complexity index is 837. The summed E-state index contributed by atoms with van der Waals surface area (Å²) in [5.74, 6) is 0.166. The number of amides is 1. The number of anilines is 1. The van der Waals surface area contributed by atoms with Gasteiger partial charge in [-0.1, -0.05) is 6.07 Å². The number of aryl methyl sites for hydroxylation is 1. The van der Waals surface area contributed by atoms with Crippen LogP contribution in [-0.2, 0) is 7.05 Å². The first-order valence-corrected chi connectivity index (χ1v) is 6.99. The van der Waals surface area contributed by atoms with Crippen LogP contribution < -0.4 is 5.32 Å². The van der Waals surface area contributed by atoms with E-state index < -0.39 is 6.09 Å². The predicted molar refractivity (Wildman–Crippen MR) is 80.1 cm³/mol. The quantitative estimate of drug-likeness (QED) is 0.728. The molecular weight excluding hydrogens is 290 g/mol. The average Bonchev–Trinajstić information content (AvgIpc) is 3.07. The first-order chi connectivity index (χ1) is 10.1. The number of hydrogen-bond donors (Lipinski definition) is 2. The van der Waals surface area contributed by atoms with Gasteiger partial charge in [-0.2, -0.15) is 0 Å². The highest BCUT2D eigenvalue weighted by Crippen LogP contribution is 2.22. The third-order valence-electron chi connectivity index (χ3n) is 3.11. The summed E-state index contributed by atoms with van der Waals surface area (Å²) in [6.45, 7) is 0. The van der Waals surface area contributed by atoms with Crippen LogP contribution >= 0.6 is 11.3 Å². The van der Waals surface area contributed by atoms with E-state index in [1.165, 1.54) is 11.3 Å². The molecule has 2 N–H and O–H groups in total. The van der Waals surface area contributed by atoms with Crippen LogP contribution in [0.4, 0.5) is 10.7 Å². The Kier molecular flexibility index (Phi) is 3.19. The molecule has 0 atom stereocenters. The van der Waals surface area contributed by atoms with Gasteiger partial charge in [-0.15, -0.1) is 11.3 Å². The van der Waals surface area contributed by atoms with Crippen molar-refractivity contribution < 1.29 is 14.7 Å². The highest BCUT2D eigenvalue weighted by Gasteiger charge is 2.14. The summed E-state index contributed by atoms with van der Waals surface area (Å²) in [5.41, 5.74) is 1.87. The van der Waals surface area contributed by atoms with Gasteiger partial charge in [-0.25, -0.2) is 9.78 Å². The molecule has 1 aromatic carbocycles. The zero-order chi connectivity index (χ0) is 15.0. The van der Waals surface area contributed by atoms with E-state index in [-0.39, 0.29) is 11.7 Å². The van der Waals surface area contributed by atoms with Crippen molar-refractivity contribution in [3.8, 4) is 0 Å². The Morgan fingerprint density at radius 3 is 2.81 bits per heavy atom. The van der Waals surface area contributed by atoms with Crippen molar-refractivity contribution in [1.82, 2.24) is 9.55 Å². The SMILES string of the molecule is Cn1c(NC(=O)O)nc2ccc(C(=O)c3cccs3)cc21. The third kappa shape index (κ3) is 2.38. The molecule has 6 nitrogen and oxygen atoms in total. The fraction of sp³-hybridized carbons (Fsp3) is 0.0714. The van der Waals surface area contributed by atoms with Crippen molar-refractivity contribution in [2.45, 2.75) is 0 Å². The van der Waals surface area contributed by atoms with E-state index in [0.717, 1.165) is 0 Å². The van der Waals surface area contributed by atoms with Gasteiger partial charge < -0.3 is 9.67 Å². The van der Waals surface area contributed by atoms with E-state index in [1.54, 1.807) is 35.9 Å². The number of fused-ring (bicyclic) bond motifs is 1. The van der Waals surface area contributed by atoms with Crippen molar-refractivity contribution in [2.75, 3.05) is 5.32 Å². The van der Waals surface area contributed by atoms with Crippen molar-refractivity contribution in [3.63, 3.8) is 0 Å². The number of ketones is 1. The summed E-state index contributed by atoms with van der Waals surface area (Å²) in [4.78, 5) is 27.9. The van der Waals surface area contributed by atoms with Gasteiger partial charge >= 0.3 is 6.09 Å². The number of carbonyl (C=O) groups is 2. The second kappa shape index (κ2) is 5.02. The van der Waals surface area contributed by atoms with Gasteiger partial charge in [0.05, 0.1) is 15.9 Å². The number of aromatic nitrogens is 2. The van der Waals surface area contributed by atoms with Gasteiger partial charge in [0.1, 0.15) is 0 Å². The molecule has 3 aromatic rings. The first kappa shape index (κ1) is 13.3. The van der Waals surface area contributed by atoms with Gasteiger partial charge in [0.25, 0.3) is 0 Å². The summed E-state index contributed by atoms with van der Waals surface area (Å²) < 4.78 is 1.61. The Labute approximate surface area is 123 Å². The molecule has 0 saturated carbocycles. The molecular formula is C14H11N3O3S. The van der Waals surface area contributed by atoms with E-state index >= 15 is 0 Å². The number of imidazole rings is 1. The van der Waals surface area contributed by atoms with Gasteiger partial charge in [-0.3, -0.25) is 10.1 Å². The van der Waals surface area contributed by atoms with Crippen LogP contribution in [0.15, 0.2) is 35.7 Å². The second-order valence-corrected chi connectivity index (χ2v) is 5.38. The number of hydrogen-bond acceptors (Lipinski definition) is 4. The Morgan fingerprint density at radius 1 is 1.33 bits per heavy atom. The maximum Gasteiger partial charge on any atom is 0.411 e. The smallest absolute Gasteiger partial charge is 0.411 e. The monoisotopic (exact) mass is 301 g/mol. The number of benzene rings is 1. The maximum absolute atomic E-state index is 12.3. The van der Waals surface area contributed by atoms with Crippen molar-refractivity contribution in [2.24, 2.45) is 7.05 Å². The van der Waals surface area contributed by atoms with Gasteiger partial charge in [0.2, 0.25) is 11.7 Å². The fourth-order valence-corrected chi connectivity index (χ4v) is 2.77. The van der Waals surface area contributed by atoms with Gasteiger partial charge in [0, 0.05) is 12.6 Å². The first-order valence-electron chi connectivity index (χ1n) is 6.11. The normalized spacial score (nSPS) is 10.7. The Balaban J connectivity index is 2.06. The van der Waals surface area contributed by atoms with Crippen LogP contribution in [0.3, 0.4) is 0 Å². The summed E-state index contributed by atoms with van der Waals surface area (Å²) in [6.07, 6.45) is -1.18. The highest BCUT2D eigenvalue weighted by molar-refractivity contribution is 7.12. The van der Waals surface area contributed by atoms with Crippen LogP contribution in [0.1, 0.15) is 15.2 Å². The lowest BCUT2D eigenvalue weighted by Crippen LogP contribution is -2.11. The molecule has 0 saturated heterocycles. The second-order valence-electron chi connectivity index (χ2n) is 4.43. The standard InChI is InChI=1S/C14H11N3O3S/c1-17-10-7-8(12(18)11-3-2-6-21-11)4-5-9(10)15-13(17)16-14(19)20/h2-7H,1H3,(H,15,16)(H,19,20). The molecule has 7 heteroatoms. The molecule has 3 rings (SSSR count). The molecule has 0 bridgehead atoms. The summed E-state index contributed by atoms with van der Waals surface area (Å²) >= 11 is 1.39. The van der Waals surface area contributed by atoms with E-state index in [1.807, 2.05) is 11.4 Å².